The van der Waals surface area contributed by atoms with Crippen molar-refractivity contribution in [2.75, 3.05) is 30.3 Å². The van der Waals surface area contributed by atoms with Crippen molar-refractivity contribution in [3.8, 4) is 5.75 Å². The summed E-state index contributed by atoms with van der Waals surface area (Å²) < 4.78 is 5.64. The Morgan fingerprint density at radius 3 is 2.23 bits per heavy atom. The lowest BCUT2D eigenvalue weighted by Gasteiger charge is -2.11. The molecule has 2 aromatic rings. The number of aryl methyl sites for hydroxylation is 2. The lowest BCUT2D eigenvalue weighted by atomic mass is 10.1. The van der Waals surface area contributed by atoms with Gasteiger partial charge in [0.1, 0.15) is 5.75 Å². The number of hydrogen-bond acceptors (Lipinski definition) is 3. The molecule has 0 atom stereocenters. The summed E-state index contributed by atoms with van der Waals surface area (Å²) in [7, 11) is 0. The largest absolute Gasteiger partial charge is 0.494 e. The van der Waals surface area contributed by atoms with Crippen LogP contribution in [0, 0.1) is 13.8 Å². The Bertz CT molecular complexity index is 575. The highest BCUT2D eigenvalue weighted by Gasteiger charge is 1.98. The quantitative estimate of drug-likeness (QED) is 0.698. The van der Waals surface area contributed by atoms with Crippen LogP contribution in [0.1, 0.15) is 24.5 Å². The fraction of sp³-hybridized carbons (Fsp3) is 0.368. The predicted octanol–water partition coefficient (Wildman–Crippen LogP) is 4.62. The van der Waals surface area contributed by atoms with Crippen LogP contribution in [0.2, 0.25) is 0 Å². The molecule has 0 spiro atoms. The van der Waals surface area contributed by atoms with E-state index in [1.54, 1.807) is 0 Å². The van der Waals surface area contributed by atoms with E-state index in [2.05, 4.69) is 55.7 Å². The Hall–Kier alpha value is -2.16. The highest BCUT2D eigenvalue weighted by atomic mass is 16.5. The normalized spacial score (nSPS) is 10.3. The fourth-order valence-electron chi connectivity index (χ4n) is 2.41. The summed E-state index contributed by atoms with van der Waals surface area (Å²) in [4.78, 5) is 0. The van der Waals surface area contributed by atoms with E-state index in [4.69, 9.17) is 4.74 Å². The Balaban J connectivity index is 1.78. The van der Waals surface area contributed by atoms with Crippen LogP contribution in [0.15, 0.2) is 42.5 Å². The van der Waals surface area contributed by atoms with Gasteiger partial charge in [-0.15, -0.1) is 0 Å². The maximum atomic E-state index is 5.64. The maximum Gasteiger partial charge on any atom is 0.121 e. The minimum atomic E-state index is 0.762. The molecule has 2 rings (SSSR count). The molecule has 0 aliphatic heterocycles. The van der Waals surface area contributed by atoms with Gasteiger partial charge in [0.25, 0.3) is 0 Å². The summed E-state index contributed by atoms with van der Waals surface area (Å²) in [6, 6.07) is 14.7. The van der Waals surface area contributed by atoms with Crippen LogP contribution in [0.25, 0.3) is 0 Å². The van der Waals surface area contributed by atoms with Gasteiger partial charge in [-0.1, -0.05) is 19.1 Å². The Labute approximate surface area is 133 Å². The molecule has 0 radical (unpaired) electrons. The van der Waals surface area contributed by atoms with E-state index in [0.29, 0.717) is 0 Å². The van der Waals surface area contributed by atoms with Crippen molar-refractivity contribution in [2.45, 2.75) is 27.2 Å². The minimum Gasteiger partial charge on any atom is -0.494 e. The first kappa shape index (κ1) is 16.2. The third-order valence-electron chi connectivity index (χ3n) is 3.31. The predicted molar refractivity (Wildman–Crippen MR) is 95.1 cm³/mol. The summed E-state index contributed by atoms with van der Waals surface area (Å²) in [5, 5.41) is 6.87. The zero-order valence-electron chi connectivity index (χ0n) is 13.8. The molecule has 0 amide bonds. The van der Waals surface area contributed by atoms with Crippen LogP contribution in [0.3, 0.4) is 0 Å². The molecule has 3 heteroatoms. The fourth-order valence-corrected chi connectivity index (χ4v) is 2.41. The van der Waals surface area contributed by atoms with Crippen molar-refractivity contribution >= 4 is 11.4 Å². The molecular formula is C19H26N2O. The van der Waals surface area contributed by atoms with Gasteiger partial charge in [-0.3, -0.25) is 0 Å². The minimum absolute atomic E-state index is 0.762. The van der Waals surface area contributed by atoms with Gasteiger partial charge in [0, 0.05) is 30.5 Å². The number of anilines is 2. The van der Waals surface area contributed by atoms with E-state index < -0.39 is 0 Å². The number of hydrogen-bond donors (Lipinski definition) is 2. The Kier molecular flexibility index (Phi) is 6.13. The number of ether oxygens (including phenoxy) is 1. The summed E-state index contributed by atoms with van der Waals surface area (Å²) in [6.45, 7) is 8.86. The lowest BCUT2D eigenvalue weighted by Crippen LogP contribution is -2.13. The standard InChI is InChI=1S/C19H26N2O/c1-4-10-22-19-7-5-6-17(14-19)20-8-9-21-18-12-15(2)11-16(3)13-18/h5-7,11-14,20-21H,4,8-10H2,1-3H3. The second-order valence-corrected chi connectivity index (χ2v) is 5.61. The smallest absolute Gasteiger partial charge is 0.121 e. The molecule has 2 aromatic carbocycles. The van der Waals surface area contributed by atoms with E-state index in [-0.39, 0.29) is 0 Å². The third-order valence-corrected chi connectivity index (χ3v) is 3.31. The maximum absolute atomic E-state index is 5.64. The van der Waals surface area contributed by atoms with E-state index in [1.807, 2.05) is 18.2 Å². The summed E-state index contributed by atoms with van der Waals surface area (Å²) in [6.07, 6.45) is 1.03. The first-order valence-electron chi connectivity index (χ1n) is 7.96. The summed E-state index contributed by atoms with van der Waals surface area (Å²) >= 11 is 0. The van der Waals surface area contributed by atoms with E-state index in [0.717, 1.165) is 37.6 Å². The van der Waals surface area contributed by atoms with Gasteiger partial charge >= 0.3 is 0 Å². The van der Waals surface area contributed by atoms with E-state index >= 15 is 0 Å². The van der Waals surface area contributed by atoms with E-state index in [9.17, 15) is 0 Å². The molecule has 0 bridgehead atoms. The molecule has 0 saturated heterocycles. The first-order chi connectivity index (χ1) is 10.7. The van der Waals surface area contributed by atoms with Crippen LogP contribution >= 0.6 is 0 Å². The van der Waals surface area contributed by atoms with Crippen molar-refractivity contribution in [1.82, 2.24) is 0 Å². The van der Waals surface area contributed by atoms with Crippen molar-refractivity contribution < 1.29 is 4.74 Å². The Morgan fingerprint density at radius 1 is 0.864 bits per heavy atom. The monoisotopic (exact) mass is 298 g/mol. The molecule has 2 N–H and O–H groups in total. The SMILES string of the molecule is CCCOc1cccc(NCCNc2cc(C)cc(C)c2)c1. The molecule has 0 heterocycles. The van der Waals surface area contributed by atoms with Gasteiger partial charge in [-0.05, 0) is 55.7 Å². The molecule has 0 fully saturated rings. The van der Waals surface area contributed by atoms with Gasteiger partial charge < -0.3 is 15.4 Å². The van der Waals surface area contributed by atoms with Crippen molar-refractivity contribution in [3.05, 3.63) is 53.6 Å². The molecule has 0 aliphatic rings. The highest BCUT2D eigenvalue weighted by Crippen LogP contribution is 2.17. The second kappa shape index (κ2) is 8.32. The van der Waals surface area contributed by atoms with Crippen molar-refractivity contribution in [3.63, 3.8) is 0 Å². The van der Waals surface area contributed by atoms with Crippen LogP contribution in [0.4, 0.5) is 11.4 Å². The molecule has 3 nitrogen and oxygen atoms in total. The van der Waals surface area contributed by atoms with Gasteiger partial charge in [0.2, 0.25) is 0 Å². The zero-order chi connectivity index (χ0) is 15.8. The van der Waals surface area contributed by atoms with Crippen LogP contribution < -0.4 is 15.4 Å². The molecule has 0 unspecified atom stereocenters. The molecule has 0 aromatic heterocycles. The third kappa shape index (κ3) is 5.32. The second-order valence-electron chi connectivity index (χ2n) is 5.61. The summed E-state index contributed by atoms with van der Waals surface area (Å²) in [5.74, 6) is 0.925. The highest BCUT2D eigenvalue weighted by molar-refractivity contribution is 5.50. The first-order valence-corrected chi connectivity index (χ1v) is 7.96. The van der Waals surface area contributed by atoms with Gasteiger partial charge in [-0.25, -0.2) is 0 Å². The zero-order valence-corrected chi connectivity index (χ0v) is 13.8. The average molecular weight is 298 g/mol. The van der Waals surface area contributed by atoms with Crippen molar-refractivity contribution in [1.29, 1.82) is 0 Å². The number of nitrogens with one attached hydrogen (secondary N) is 2. The molecular weight excluding hydrogens is 272 g/mol. The lowest BCUT2D eigenvalue weighted by molar-refractivity contribution is 0.317. The van der Waals surface area contributed by atoms with Crippen LogP contribution in [-0.2, 0) is 0 Å². The van der Waals surface area contributed by atoms with Gasteiger partial charge in [-0.2, -0.15) is 0 Å². The number of rotatable bonds is 8. The van der Waals surface area contributed by atoms with Gasteiger partial charge in [0.05, 0.1) is 6.61 Å². The molecule has 22 heavy (non-hydrogen) atoms. The molecule has 118 valence electrons. The van der Waals surface area contributed by atoms with Crippen molar-refractivity contribution in [2.24, 2.45) is 0 Å². The Morgan fingerprint density at radius 2 is 1.55 bits per heavy atom. The van der Waals surface area contributed by atoms with Gasteiger partial charge in [0.15, 0.2) is 0 Å². The topological polar surface area (TPSA) is 33.3 Å². The van der Waals surface area contributed by atoms with Crippen LogP contribution in [0.5, 0.6) is 5.75 Å². The molecule has 0 aliphatic carbocycles. The average Bonchev–Trinajstić information content (AvgIpc) is 2.49. The molecule has 0 saturated carbocycles. The van der Waals surface area contributed by atoms with Crippen LogP contribution in [-0.4, -0.2) is 19.7 Å². The number of benzene rings is 2. The summed E-state index contributed by atoms with van der Waals surface area (Å²) in [5.41, 5.74) is 4.85. The van der Waals surface area contributed by atoms with E-state index in [1.165, 1.54) is 16.8 Å².